The van der Waals surface area contributed by atoms with Gasteiger partial charge in [0.05, 0.1) is 11.3 Å². The molecule has 1 unspecified atom stereocenters. The van der Waals surface area contributed by atoms with E-state index in [2.05, 4.69) is 23.8 Å². The van der Waals surface area contributed by atoms with Crippen LogP contribution in [0.3, 0.4) is 0 Å². The van der Waals surface area contributed by atoms with Gasteiger partial charge in [-0.05, 0) is 18.4 Å². The average molecular weight is 284 g/mol. The molecular weight excluding hydrogens is 268 g/mol. The van der Waals surface area contributed by atoms with Gasteiger partial charge in [0.2, 0.25) is 5.78 Å². The number of rotatable bonds is 4. The lowest BCUT2D eigenvalue weighted by atomic mass is 10.1. The molecule has 2 aromatic heterocycles. The Kier molecular flexibility index (Phi) is 3.40. The van der Waals surface area contributed by atoms with Crippen molar-refractivity contribution in [3.05, 3.63) is 52.1 Å². The van der Waals surface area contributed by atoms with Crippen molar-refractivity contribution in [3.8, 4) is 0 Å². The van der Waals surface area contributed by atoms with Crippen LogP contribution in [0.2, 0.25) is 0 Å². The number of H-pyrrole nitrogens is 1. The van der Waals surface area contributed by atoms with Gasteiger partial charge in [-0.1, -0.05) is 32.0 Å². The van der Waals surface area contributed by atoms with E-state index in [4.69, 9.17) is 0 Å². The van der Waals surface area contributed by atoms with E-state index in [-0.39, 0.29) is 5.78 Å². The van der Waals surface area contributed by atoms with Crippen LogP contribution in [0.4, 0.5) is 0 Å². The minimum Gasteiger partial charge on any atom is -0.360 e. The standard InChI is InChI=1S/C16H16N2OS/c1-3-10(2)14-9-20-16(18-14)15(19)12-8-17-13-7-5-4-6-11(12)13/h4-10,17H,3H2,1-2H3. The Labute approximate surface area is 121 Å². The largest absolute Gasteiger partial charge is 0.360 e. The number of carbonyl (C=O) groups is 1. The number of benzene rings is 1. The molecule has 0 spiro atoms. The number of aromatic nitrogens is 2. The molecule has 3 aromatic rings. The minimum atomic E-state index is 0.00185. The number of aromatic amines is 1. The molecule has 0 radical (unpaired) electrons. The fraction of sp³-hybridized carbons (Fsp3) is 0.250. The van der Waals surface area contributed by atoms with E-state index in [1.807, 2.05) is 29.6 Å². The topological polar surface area (TPSA) is 45.8 Å². The van der Waals surface area contributed by atoms with Crippen molar-refractivity contribution in [1.29, 1.82) is 0 Å². The Bertz CT molecular complexity index is 757. The van der Waals surface area contributed by atoms with Crippen molar-refractivity contribution < 1.29 is 4.79 Å². The number of hydrogen-bond donors (Lipinski definition) is 1. The first-order valence-corrected chi connectivity index (χ1v) is 7.65. The van der Waals surface area contributed by atoms with Gasteiger partial charge in [0.1, 0.15) is 0 Å². The molecule has 20 heavy (non-hydrogen) atoms. The first-order chi connectivity index (χ1) is 9.70. The molecule has 0 amide bonds. The van der Waals surface area contributed by atoms with Crippen molar-refractivity contribution in [1.82, 2.24) is 9.97 Å². The van der Waals surface area contributed by atoms with Crippen molar-refractivity contribution in [2.45, 2.75) is 26.2 Å². The van der Waals surface area contributed by atoms with Crippen LogP contribution in [-0.4, -0.2) is 15.8 Å². The molecule has 1 N–H and O–H groups in total. The zero-order valence-electron chi connectivity index (χ0n) is 11.5. The van der Waals surface area contributed by atoms with Gasteiger partial charge in [0.15, 0.2) is 5.01 Å². The summed E-state index contributed by atoms with van der Waals surface area (Å²) in [5, 5.41) is 3.53. The van der Waals surface area contributed by atoms with E-state index < -0.39 is 0 Å². The van der Waals surface area contributed by atoms with Gasteiger partial charge in [0, 0.05) is 22.5 Å². The van der Waals surface area contributed by atoms with Crippen LogP contribution < -0.4 is 0 Å². The Balaban J connectivity index is 1.98. The summed E-state index contributed by atoms with van der Waals surface area (Å²) in [5.74, 6) is 0.401. The third-order valence-corrected chi connectivity index (χ3v) is 4.53. The van der Waals surface area contributed by atoms with Crippen molar-refractivity contribution >= 4 is 28.0 Å². The second-order valence-electron chi connectivity index (χ2n) is 4.96. The highest BCUT2D eigenvalue weighted by atomic mass is 32.1. The second-order valence-corrected chi connectivity index (χ2v) is 5.82. The summed E-state index contributed by atoms with van der Waals surface area (Å²) in [4.78, 5) is 20.2. The molecule has 2 heterocycles. The van der Waals surface area contributed by atoms with E-state index in [0.29, 0.717) is 16.5 Å². The molecule has 0 bridgehead atoms. The van der Waals surface area contributed by atoms with Crippen LogP contribution in [0.25, 0.3) is 10.9 Å². The summed E-state index contributed by atoms with van der Waals surface area (Å²) >= 11 is 1.43. The fourth-order valence-corrected chi connectivity index (χ4v) is 3.09. The Morgan fingerprint density at radius 2 is 2.20 bits per heavy atom. The SMILES string of the molecule is CCC(C)c1csc(C(=O)c2c[nH]c3ccccc23)n1. The Hall–Kier alpha value is -1.94. The highest BCUT2D eigenvalue weighted by Gasteiger charge is 2.18. The van der Waals surface area contributed by atoms with Gasteiger partial charge >= 0.3 is 0 Å². The molecule has 1 aromatic carbocycles. The van der Waals surface area contributed by atoms with E-state index in [1.54, 1.807) is 6.20 Å². The maximum Gasteiger partial charge on any atom is 0.223 e. The lowest BCUT2D eigenvalue weighted by molar-refractivity contribution is 0.103. The summed E-state index contributed by atoms with van der Waals surface area (Å²) < 4.78 is 0. The van der Waals surface area contributed by atoms with Crippen molar-refractivity contribution in [2.24, 2.45) is 0 Å². The van der Waals surface area contributed by atoms with Crippen LogP contribution in [-0.2, 0) is 0 Å². The van der Waals surface area contributed by atoms with Crippen LogP contribution in [0.1, 0.15) is 47.2 Å². The van der Waals surface area contributed by atoms with Crippen molar-refractivity contribution in [2.75, 3.05) is 0 Å². The molecule has 0 saturated carbocycles. The number of hydrogen-bond acceptors (Lipinski definition) is 3. The third-order valence-electron chi connectivity index (χ3n) is 3.67. The first kappa shape index (κ1) is 13.1. The molecule has 3 nitrogen and oxygen atoms in total. The minimum absolute atomic E-state index is 0.00185. The zero-order valence-corrected chi connectivity index (χ0v) is 12.3. The van der Waals surface area contributed by atoms with Crippen LogP contribution in [0, 0.1) is 0 Å². The molecule has 3 rings (SSSR count). The molecule has 0 fully saturated rings. The van der Waals surface area contributed by atoms with Gasteiger partial charge in [0.25, 0.3) is 0 Å². The molecule has 102 valence electrons. The number of nitrogens with zero attached hydrogens (tertiary/aromatic N) is 1. The van der Waals surface area contributed by atoms with Gasteiger partial charge in [-0.3, -0.25) is 4.79 Å². The summed E-state index contributed by atoms with van der Waals surface area (Å²) in [6, 6.07) is 7.83. The van der Waals surface area contributed by atoms with Crippen LogP contribution >= 0.6 is 11.3 Å². The zero-order chi connectivity index (χ0) is 14.1. The molecule has 0 aliphatic heterocycles. The van der Waals surface area contributed by atoms with Crippen LogP contribution in [0.15, 0.2) is 35.8 Å². The third kappa shape index (κ3) is 2.16. The summed E-state index contributed by atoms with van der Waals surface area (Å²) in [5.41, 5.74) is 2.70. The molecule has 0 aliphatic carbocycles. The number of nitrogens with one attached hydrogen (secondary N) is 1. The summed E-state index contributed by atoms with van der Waals surface area (Å²) in [7, 11) is 0. The van der Waals surface area contributed by atoms with Gasteiger partial charge in [-0.2, -0.15) is 0 Å². The number of fused-ring (bicyclic) bond motifs is 1. The van der Waals surface area contributed by atoms with E-state index in [9.17, 15) is 4.79 Å². The molecule has 1 atom stereocenters. The molecular formula is C16H16N2OS. The average Bonchev–Trinajstić information content (AvgIpc) is 3.12. The van der Waals surface area contributed by atoms with Gasteiger partial charge < -0.3 is 4.98 Å². The van der Waals surface area contributed by atoms with E-state index in [1.165, 1.54) is 11.3 Å². The Morgan fingerprint density at radius 3 is 3.00 bits per heavy atom. The van der Waals surface area contributed by atoms with Gasteiger partial charge in [-0.15, -0.1) is 11.3 Å². The first-order valence-electron chi connectivity index (χ1n) is 6.77. The Morgan fingerprint density at radius 1 is 1.40 bits per heavy atom. The number of carbonyl (C=O) groups excluding carboxylic acids is 1. The summed E-state index contributed by atoms with van der Waals surface area (Å²) in [6.07, 6.45) is 2.81. The number of para-hydroxylation sites is 1. The monoisotopic (exact) mass is 284 g/mol. The quantitative estimate of drug-likeness (QED) is 0.723. The summed E-state index contributed by atoms with van der Waals surface area (Å²) in [6.45, 7) is 4.26. The number of ketones is 1. The maximum atomic E-state index is 12.6. The highest BCUT2D eigenvalue weighted by molar-refractivity contribution is 7.12. The van der Waals surface area contributed by atoms with Crippen LogP contribution in [0.5, 0.6) is 0 Å². The smallest absolute Gasteiger partial charge is 0.223 e. The number of thiazole rings is 1. The lowest BCUT2D eigenvalue weighted by Gasteiger charge is -2.02. The predicted octanol–water partition coefficient (Wildman–Crippen LogP) is 4.37. The maximum absolute atomic E-state index is 12.6. The van der Waals surface area contributed by atoms with Crippen molar-refractivity contribution in [3.63, 3.8) is 0 Å². The lowest BCUT2D eigenvalue weighted by Crippen LogP contribution is -2.01. The van der Waals surface area contributed by atoms with E-state index >= 15 is 0 Å². The fourth-order valence-electron chi connectivity index (χ4n) is 2.20. The normalized spacial score (nSPS) is 12.7. The molecule has 4 heteroatoms. The highest BCUT2D eigenvalue weighted by Crippen LogP contribution is 2.25. The second kappa shape index (κ2) is 5.21. The molecule has 0 saturated heterocycles. The van der Waals surface area contributed by atoms with Gasteiger partial charge in [-0.25, -0.2) is 4.98 Å². The predicted molar refractivity (Wildman–Crippen MR) is 82.6 cm³/mol. The van der Waals surface area contributed by atoms with E-state index in [0.717, 1.165) is 23.0 Å². The molecule has 0 aliphatic rings.